The molecule has 0 spiro atoms. The summed E-state index contributed by atoms with van der Waals surface area (Å²) in [5.41, 5.74) is 0. The van der Waals surface area contributed by atoms with E-state index >= 15 is 0 Å². The Hall–Kier alpha value is -1.25. The summed E-state index contributed by atoms with van der Waals surface area (Å²) in [4.78, 5) is 9.50. The highest BCUT2D eigenvalue weighted by molar-refractivity contribution is 14.0. The maximum absolute atomic E-state index is 12.1. The van der Waals surface area contributed by atoms with Crippen LogP contribution in [0, 0.1) is 0 Å². The molecule has 146 valence electrons. The van der Waals surface area contributed by atoms with Crippen molar-refractivity contribution in [2.75, 3.05) is 20.6 Å². The molecule has 2 aromatic rings. The van der Waals surface area contributed by atoms with Crippen molar-refractivity contribution < 1.29 is 8.42 Å². The fraction of sp³-hybridized carbons (Fsp3) is 0.500. The first-order valence-corrected chi connectivity index (χ1v) is 9.96. The van der Waals surface area contributed by atoms with Crippen molar-refractivity contribution >= 4 is 51.3 Å². The summed E-state index contributed by atoms with van der Waals surface area (Å²) in [6, 6.07) is 3.43. The third-order valence-corrected chi connectivity index (χ3v) is 6.70. The van der Waals surface area contributed by atoms with Gasteiger partial charge in [0.25, 0.3) is 10.0 Å². The Morgan fingerprint density at radius 1 is 1.35 bits per heavy atom. The Balaban J connectivity index is 0.00000338. The monoisotopic (exact) mass is 513 g/mol. The average molecular weight is 513 g/mol. The molecular weight excluding hydrogens is 489 g/mol. The van der Waals surface area contributed by atoms with Gasteiger partial charge in [-0.2, -0.15) is 5.10 Å². The zero-order valence-corrected chi connectivity index (χ0v) is 19.1. The number of aromatic nitrogens is 3. The quantitative estimate of drug-likeness (QED) is 0.325. The number of hydrogen-bond acceptors (Lipinski definition) is 6. The molecule has 2 rings (SSSR count). The lowest BCUT2D eigenvalue weighted by molar-refractivity contribution is 0.523. The highest BCUT2D eigenvalue weighted by atomic mass is 127. The molecule has 2 aromatic heterocycles. The molecular formula is C14H24IN7O2S2. The van der Waals surface area contributed by atoms with Crippen molar-refractivity contribution in [2.45, 2.75) is 24.2 Å². The van der Waals surface area contributed by atoms with Gasteiger partial charge in [0.1, 0.15) is 22.9 Å². The van der Waals surface area contributed by atoms with Gasteiger partial charge >= 0.3 is 0 Å². The molecule has 0 bridgehead atoms. The summed E-state index contributed by atoms with van der Waals surface area (Å²) in [7, 11) is 1.47. The molecule has 2 N–H and O–H groups in total. The summed E-state index contributed by atoms with van der Waals surface area (Å²) in [6.45, 7) is 3.58. The summed E-state index contributed by atoms with van der Waals surface area (Å²) < 4.78 is 27.4. The van der Waals surface area contributed by atoms with Gasteiger partial charge in [-0.3, -0.25) is 4.68 Å². The Kier molecular flexibility index (Phi) is 8.92. The molecule has 0 fully saturated rings. The van der Waals surface area contributed by atoms with Gasteiger partial charge in [-0.25, -0.2) is 22.7 Å². The van der Waals surface area contributed by atoms with Gasteiger partial charge in [0.2, 0.25) is 0 Å². The lowest BCUT2D eigenvalue weighted by Crippen LogP contribution is -2.36. The predicted octanol–water partition coefficient (Wildman–Crippen LogP) is 1.00. The number of aryl methyl sites for hydroxylation is 1. The Morgan fingerprint density at radius 3 is 2.65 bits per heavy atom. The number of nitrogens with one attached hydrogen (secondary N) is 2. The Labute approximate surface area is 175 Å². The van der Waals surface area contributed by atoms with Gasteiger partial charge in [-0.1, -0.05) is 0 Å². The zero-order chi connectivity index (χ0) is 18.4. The molecule has 0 saturated heterocycles. The van der Waals surface area contributed by atoms with E-state index in [4.69, 9.17) is 0 Å². The fourth-order valence-corrected chi connectivity index (χ4v) is 4.36. The van der Waals surface area contributed by atoms with Gasteiger partial charge in [0.05, 0.1) is 6.54 Å². The summed E-state index contributed by atoms with van der Waals surface area (Å²) in [5, 5.41) is 10.4. The van der Waals surface area contributed by atoms with Crippen LogP contribution in [-0.2, 0) is 30.2 Å². The smallest absolute Gasteiger partial charge is 0.252 e. The van der Waals surface area contributed by atoms with Crippen molar-refractivity contribution in [3.8, 4) is 0 Å². The van der Waals surface area contributed by atoms with Crippen LogP contribution in [0.5, 0.6) is 0 Å². The van der Waals surface area contributed by atoms with E-state index in [1.165, 1.54) is 36.1 Å². The molecule has 0 atom stereocenters. The molecule has 9 nitrogen and oxygen atoms in total. The summed E-state index contributed by atoms with van der Waals surface area (Å²) in [5.74, 6) is 1.39. The van der Waals surface area contributed by atoms with Crippen molar-refractivity contribution in [3.05, 3.63) is 29.2 Å². The summed E-state index contributed by atoms with van der Waals surface area (Å²) in [6.07, 6.45) is 1.49. The van der Waals surface area contributed by atoms with Crippen molar-refractivity contribution in [2.24, 2.45) is 12.0 Å². The zero-order valence-electron chi connectivity index (χ0n) is 15.1. The maximum atomic E-state index is 12.1. The van der Waals surface area contributed by atoms with Crippen molar-refractivity contribution in [1.29, 1.82) is 0 Å². The van der Waals surface area contributed by atoms with E-state index in [1.54, 1.807) is 16.8 Å². The summed E-state index contributed by atoms with van der Waals surface area (Å²) >= 11 is 1.25. The van der Waals surface area contributed by atoms with E-state index in [-0.39, 0.29) is 24.0 Å². The molecule has 0 aliphatic heterocycles. The lowest BCUT2D eigenvalue weighted by atomic mass is 10.4. The SMILES string of the molecule is CCNC(=NCc1ncnn1C)NCc1ccc(S(=O)(=O)N(C)C)s1.I. The number of sulfonamides is 1. The third kappa shape index (κ3) is 5.89. The maximum Gasteiger partial charge on any atom is 0.252 e. The molecule has 26 heavy (non-hydrogen) atoms. The number of hydrogen-bond donors (Lipinski definition) is 2. The molecule has 0 aromatic carbocycles. The Morgan fingerprint density at radius 2 is 2.08 bits per heavy atom. The lowest BCUT2D eigenvalue weighted by Gasteiger charge is -2.10. The standard InChI is InChI=1S/C14H23N7O2S2.HI/c1-5-15-14(17-9-12-18-10-19-21(12)4)16-8-11-6-7-13(24-11)25(22,23)20(2)3;/h6-7,10H,5,8-9H2,1-4H3,(H2,15,16,17);1H. The van der Waals surface area contributed by atoms with E-state index in [0.29, 0.717) is 23.3 Å². The first kappa shape index (κ1) is 22.8. The normalized spacial score (nSPS) is 12.1. The van der Waals surface area contributed by atoms with Crippen LogP contribution < -0.4 is 10.6 Å². The molecule has 12 heteroatoms. The van der Waals surface area contributed by atoms with Gasteiger partial charge in [0.15, 0.2) is 5.96 Å². The number of aliphatic imine (C=N–C) groups is 1. The number of rotatable bonds is 7. The minimum Gasteiger partial charge on any atom is -0.357 e. The van der Waals surface area contributed by atoms with Crippen LogP contribution in [0.4, 0.5) is 0 Å². The molecule has 0 unspecified atom stereocenters. The number of nitrogens with zero attached hydrogens (tertiary/aromatic N) is 5. The van der Waals surface area contributed by atoms with Crippen molar-refractivity contribution in [1.82, 2.24) is 29.7 Å². The van der Waals surface area contributed by atoms with Gasteiger partial charge < -0.3 is 10.6 Å². The van der Waals surface area contributed by atoms with E-state index in [0.717, 1.165) is 17.2 Å². The molecule has 0 amide bonds. The number of halogens is 1. The van der Waals surface area contributed by atoms with Crippen LogP contribution in [0.15, 0.2) is 27.7 Å². The second-order valence-electron chi connectivity index (χ2n) is 5.36. The van der Waals surface area contributed by atoms with Gasteiger partial charge in [0, 0.05) is 32.6 Å². The molecule has 0 saturated carbocycles. The highest BCUT2D eigenvalue weighted by Gasteiger charge is 2.19. The van der Waals surface area contributed by atoms with Crippen LogP contribution in [0.2, 0.25) is 0 Å². The minimum atomic E-state index is -3.39. The van der Waals surface area contributed by atoms with Crippen LogP contribution in [-0.4, -0.2) is 54.1 Å². The predicted molar refractivity (Wildman–Crippen MR) is 113 cm³/mol. The minimum absolute atomic E-state index is 0. The van der Waals surface area contributed by atoms with E-state index in [9.17, 15) is 8.42 Å². The van der Waals surface area contributed by atoms with Crippen LogP contribution in [0.1, 0.15) is 17.6 Å². The first-order valence-electron chi connectivity index (χ1n) is 7.71. The van der Waals surface area contributed by atoms with Gasteiger partial charge in [-0.05, 0) is 19.1 Å². The Bertz CT molecular complexity index is 830. The first-order chi connectivity index (χ1) is 11.8. The van der Waals surface area contributed by atoms with E-state index < -0.39 is 10.0 Å². The van der Waals surface area contributed by atoms with Crippen LogP contribution in [0.25, 0.3) is 0 Å². The molecule has 2 heterocycles. The molecule has 0 aliphatic rings. The van der Waals surface area contributed by atoms with Crippen molar-refractivity contribution in [3.63, 3.8) is 0 Å². The van der Waals surface area contributed by atoms with Crippen LogP contribution in [0.3, 0.4) is 0 Å². The van der Waals surface area contributed by atoms with Gasteiger partial charge in [-0.15, -0.1) is 35.3 Å². The van der Waals surface area contributed by atoms with E-state index in [2.05, 4.69) is 25.7 Å². The second kappa shape index (κ2) is 10.2. The molecule has 0 aliphatic carbocycles. The second-order valence-corrected chi connectivity index (χ2v) is 8.90. The fourth-order valence-electron chi connectivity index (χ4n) is 1.90. The van der Waals surface area contributed by atoms with E-state index in [1.807, 2.05) is 14.0 Å². The number of guanidine groups is 1. The number of thiophene rings is 1. The highest BCUT2D eigenvalue weighted by Crippen LogP contribution is 2.23. The average Bonchev–Trinajstić information content (AvgIpc) is 3.19. The third-order valence-electron chi connectivity index (χ3n) is 3.33. The largest absolute Gasteiger partial charge is 0.357 e. The molecule has 0 radical (unpaired) electrons. The van der Waals surface area contributed by atoms with Crippen LogP contribution >= 0.6 is 35.3 Å². The topological polar surface area (TPSA) is 105 Å².